The van der Waals surface area contributed by atoms with Gasteiger partial charge in [-0.15, -0.1) is 11.6 Å². The van der Waals surface area contributed by atoms with Crippen LogP contribution in [0.3, 0.4) is 0 Å². The van der Waals surface area contributed by atoms with E-state index >= 15 is 0 Å². The fraction of sp³-hybridized carbons (Fsp3) is 0.154. The monoisotopic (exact) mass is 373 g/mol. The maximum Gasteiger partial charge on any atom is 0.0636 e. The fourth-order valence-electron chi connectivity index (χ4n) is 1.59. The topological polar surface area (TPSA) is 12.9 Å². The highest BCUT2D eigenvalue weighted by atomic mass is 79.9. The number of halogens is 3. The summed E-state index contributed by atoms with van der Waals surface area (Å²) in [5, 5.41) is -0.0418. The molecule has 0 amide bonds. The predicted molar refractivity (Wildman–Crippen MR) is 78.4 cm³/mol. The lowest BCUT2D eigenvalue weighted by Gasteiger charge is -2.12. The van der Waals surface area contributed by atoms with Crippen LogP contribution in [0.5, 0.6) is 0 Å². The molecular weight excluding hydrogens is 365 g/mol. The number of nitrogens with zero attached hydrogens (tertiary/aromatic N) is 1. The molecule has 0 aliphatic carbocycles. The highest BCUT2D eigenvalue weighted by Crippen LogP contribution is 2.32. The van der Waals surface area contributed by atoms with E-state index in [4.69, 9.17) is 11.6 Å². The summed E-state index contributed by atoms with van der Waals surface area (Å²) in [4.78, 5) is 4.00. The van der Waals surface area contributed by atoms with E-state index < -0.39 is 0 Å². The van der Waals surface area contributed by atoms with Crippen LogP contribution in [0.4, 0.5) is 0 Å². The Kier molecular flexibility index (Phi) is 4.60. The zero-order chi connectivity index (χ0) is 12.3. The summed E-state index contributed by atoms with van der Waals surface area (Å²) in [6, 6.07) is 10.0. The van der Waals surface area contributed by atoms with Crippen LogP contribution in [-0.4, -0.2) is 4.98 Å². The number of hydrogen-bond donors (Lipinski definition) is 0. The van der Waals surface area contributed by atoms with E-state index in [0.717, 1.165) is 20.9 Å². The van der Waals surface area contributed by atoms with Gasteiger partial charge < -0.3 is 0 Å². The van der Waals surface area contributed by atoms with Crippen molar-refractivity contribution in [3.63, 3.8) is 0 Å². The smallest absolute Gasteiger partial charge is 0.0636 e. The van der Waals surface area contributed by atoms with E-state index in [-0.39, 0.29) is 5.38 Å². The first-order chi connectivity index (χ1) is 8.16. The molecule has 4 heteroatoms. The van der Waals surface area contributed by atoms with E-state index in [1.807, 2.05) is 30.3 Å². The van der Waals surface area contributed by atoms with Crippen LogP contribution in [0.2, 0.25) is 0 Å². The lowest BCUT2D eigenvalue weighted by Crippen LogP contribution is -1.97. The maximum absolute atomic E-state index is 6.43. The lowest BCUT2D eigenvalue weighted by molar-refractivity contribution is 0.910. The Morgan fingerprint density at radius 2 is 1.82 bits per heavy atom. The average Bonchev–Trinajstić information content (AvgIpc) is 2.30. The van der Waals surface area contributed by atoms with Crippen LogP contribution in [0.1, 0.15) is 16.5 Å². The minimum Gasteiger partial charge on any atom is -0.265 e. The molecule has 17 heavy (non-hydrogen) atoms. The third-order valence-corrected chi connectivity index (χ3v) is 4.03. The van der Waals surface area contributed by atoms with Gasteiger partial charge in [0, 0.05) is 21.3 Å². The molecule has 0 radical (unpaired) electrons. The van der Waals surface area contributed by atoms with Crippen molar-refractivity contribution in [2.24, 2.45) is 0 Å². The summed E-state index contributed by atoms with van der Waals surface area (Å²) in [6.45, 7) is 0. The molecule has 1 unspecified atom stereocenters. The van der Waals surface area contributed by atoms with Crippen molar-refractivity contribution in [1.82, 2.24) is 4.98 Å². The number of benzene rings is 1. The summed E-state index contributed by atoms with van der Waals surface area (Å²) < 4.78 is 2.07. The molecule has 0 bridgehead atoms. The molecule has 1 aromatic heterocycles. The van der Waals surface area contributed by atoms with Crippen molar-refractivity contribution in [1.29, 1.82) is 0 Å². The molecule has 0 aliphatic rings. The lowest BCUT2D eigenvalue weighted by atomic mass is 10.1. The standard InChI is InChI=1S/C13H10Br2ClN/c14-10-1-2-11(12(15)8-10)13(16)7-9-3-5-17-6-4-9/h1-6,8,13H,7H2. The Balaban J connectivity index is 2.17. The van der Waals surface area contributed by atoms with Gasteiger partial charge in [0.05, 0.1) is 5.38 Å². The molecule has 0 aliphatic heterocycles. The zero-order valence-electron chi connectivity index (χ0n) is 8.91. The molecule has 88 valence electrons. The minimum absolute atomic E-state index is 0.0418. The van der Waals surface area contributed by atoms with Gasteiger partial charge >= 0.3 is 0 Å². The van der Waals surface area contributed by atoms with Gasteiger partial charge in [0.1, 0.15) is 0 Å². The number of rotatable bonds is 3. The largest absolute Gasteiger partial charge is 0.265 e. The van der Waals surface area contributed by atoms with Gasteiger partial charge in [-0.25, -0.2) is 0 Å². The van der Waals surface area contributed by atoms with Crippen molar-refractivity contribution in [3.8, 4) is 0 Å². The van der Waals surface area contributed by atoms with Crippen molar-refractivity contribution >= 4 is 43.5 Å². The fourth-order valence-corrected chi connectivity index (χ4v) is 3.41. The molecule has 1 heterocycles. The summed E-state index contributed by atoms with van der Waals surface area (Å²) in [6.07, 6.45) is 4.37. The zero-order valence-corrected chi connectivity index (χ0v) is 12.8. The third kappa shape index (κ3) is 3.54. The Hall–Kier alpha value is -0.380. The van der Waals surface area contributed by atoms with Crippen LogP contribution < -0.4 is 0 Å². The first kappa shape index (κ1) is 13.1. The number of alkyl halides is 1. The van der Waals surface area contributed by atoms with Gasteiger partial charge in [-0.3, -0.25) is 4.98 Å². The maximum atomic E-state index is 6.43. The van der Waals surface area contributed by atoms with Gasteiger partial charge in [0.25, 0.3) is 0 Å². The number of aromatic nitrogens is 1. The Labute approximate surface area is 122 Å². The molecule has 1 nitrogen and oxygen atoms in total. The molecule has 2 rings (SSSR count). The van der Waals surface area contributed by atoms with Gasteiger partial charge in [0.15, 0.2) is 0 Å². The van der Waals surface area contributed by atoms with Gasteiger partial charge in [-0.1, -0.05) is 37.9 Å². The Morgan fingerprint density at radius 3 is 2.47 bits per heavy atom. The minimum atomic E-state index is -0.0418. The van der Waals surface area contributed by atoms with Crippen molar-refractivity contribution in [2.45, 2.75) is 11.8 Å². The van der Waals surface area contributed by atoms with Crippen molar-refractivity contribution < 1.29 is 0 Å². The van der Waals surface area contributed by atoms with E-state index in [1.165, 1.54) is 5.56 Å². The summed E-state index contributed by atoms with van der Waals surface area (Å²) in [5.41, 5.74) is 2.29. The number of pyridine rings is 1. The van der Waals surface area contributed by atoms with E-state index in [9.17, 15) is 0 Å². The average molecular weight is 375 g/mol. The van der Waals surface area contributed by atoms with Crippen LogP contribution in [-0.2, 0) is 6.42 Å². The molecule has 0 N–H and O–H groups in total. The van der Waals surface area contributed by atoms with Crippen LogP contribution >= 0.6 is 43.5 Å². The molecule has 0 fully saturated rings. The molecule has 1 atom stereocenters. The highest BCUT2D eigenvalue weighted by molar-refractivity contribution is 9.11. The first-order valence-corrected chi connectivity index (χ1v) is 7.17. The van der Waals surface area contributed by atoms with Gasteiger partial charge in [-0.05, 0) is 41.8 Å². The molecule has 0 saturated carbocycles. The predicted octanol–water partition coefficient (Wildman–Crippen LogP) is 5.13. The van der Waals surface area contributed by atoms with E-state index in [2.05, 4.69) is 36.8 Å². The first-order valence-electron chi connectivity index (χ1n) is 5.15. The Morgan fingerprint density at radius 1 is 1.12 bits per heavy atom. The summed E-state index contributed by atoms with van der Waals surface area (Å²) in [5.74, 6) is 0. The normalized spacial score (nSPS) is 12.4. The van der Waals surface area contributed by atoms with Crippen LogP contribution in [0.15, 0.2) is 51.7 Å². The molecular formula is C13H10Br2ClN. The highest BCUT2D eigenvalue weighted by Gasteiger charge is 2.12. The Bertz CT molecular complexity index is 502. The molecule has 0 saturated heterocycles. The SMILES string of the molecule is ClC(Cc1ccncc1)c1ccc(Br)cc1Br. The van der Waals surface area contributed by atoms with Crippen LogP contribution in [0.25, 0.3) is 0 Å². The quantitative estimate of drug-likeness (QED) is 0.678. The van der Waals surface area contributed by atoms with Crippen molar-refractivity contribution in [3.05, 3.63) is 62.8 Å². The second kappa shape index (κ2) is 5.98. The summed E-state index contributed by atoms with van der Waals surface area (Å²) >= 11 is 13.4. The van der Waals surface area contributed by atoms with Crippen LogP contribution in [0, 0.1) is 0 Å². The van der Waals surface area contributed by atoms with Gasteiger partial charge in [-0.2, -0.15) is 0 Å². The second-order valence-corrected chi connectivity index (χ2v) is 5.99. The van der Waals surface area contributed by atoms with E-state index in [1.54, 1.807) is 12.4 Å². The second-order valence-electron chi connectivity index (χ2n) is 3.69. The molecule has 0 spiro atoms. The number of hydrogen-bond acceptors (Lipinski definition) is 1. The van der Waals surface area contributed by atoms with Crippen molar-refractivity contribution in [2.75, 3.05) is 0 Å². The molecule has 2 aromatic rings. The summed E-state index contributed by atoms with van der Waals surface area (Å²) in [7, 11) is 0. The van der Waals surface area contributed by atoms with Gasteiger partial charge in [0.2, 0.25) is 0 Å². The molecule has 1 aromatic carbocycles. The van der Waals surface area contributed by atoms with E-state index in [0.29, 0.717) is 0 Å². The third-order valence-electron chi connectivity index (χ3n) is 2.46.